The largest absolute Gasteiger partial charge is 0.440 e. The lowest BCUT2D eigenvalue weighted by molar-refractivity contribution is 0.439. The van der Waals surface area contributed by atoms with E-state index in [4.69, 9.17) is 8.83 Å². The number of fused-ring (bicyclic) bond motifs is 2. The molecule has 0 radical (unpaired) electrons. The van der Waals surface area contributed by atoms with Crippen LogP contribution in [0.15, 0.2) is 79.3 Å². The fourth-order valence-corrected chi connectivity index (χ4v) is 5.79. The van der Waals surface area contributed by atoms with Gasteiger partial charge < -0.3 is 8.83 Å². The van der Waals surface area contributed by atoms with Crippen LogP contribution in [0.2, 0.25) is 0 Å². The third kappa shape index (κ3) is 4.46. The number of benzene rings is 3. The van der Waals surface area contributed by atoms with Gasteiger partial charge in [0.15, 0.2) is 17.1 Å². The summed E-state index contributed by atoms with van der Waals surface area (Å²) in [6, 6.07) is 17.9. The van der Waals surface area contributed by atoms with Gasteiger partial charge in [0.2, 0.25) is 15.7 Å². The first kappa shape index (κ1) is 25.2. The summed E-state index contributed by atoms with van der Waals surface area (Å²) in [6.07, 6.45) is 3.01. The van der Waals surface area contributed by atoms with E-state index in [-0.39, 0.29) is 21.1 Å². The van der Waals surface area contributed by atoms with E-state index in [1.807, 2.05) is 19.1 Å². The molecule has 6 nitrogen and oxygen atoms in total. The van der Waals surface area contributed by atoms with E-state index in [1.54, 1.807) is 36.4 Å². The normalized spacial score (nSPS) is 13.4. The third-order valence-corrected chi connectivity index (χ3v) is 9.53. The molecule has 0 fully saturated rings. The quantitative estimate of drug-likeness (QED) is 0.207. The predicted molar refractivity (Wildman–Crippen MR) is 146 cm³/mol. The van der Waals surface area contributed by atoms with E-state index in [2.05, 4.69) is 49.8 Å². The van der Waals surface area contributed by atoms with Crippen LogP contribution >= 0.6 is 0 Å². The van der Waals surface area contributed by atoms with E-state index >= 15 is 0 Å². The maximum absolute atomic E-state index is 13.5. The molecule has 37 heavy (non-hydrogen) atoms. The maximum atomic E-state index is 13.5. The van der Waals surface area contributed by atoms with Crippen LogP contribution in [0.3, 0.4) is 0 Å². The average Bonchev–Trinajstić information content (AvgIpc) is 3.55. The maximum Gasteiger partial charge on any atom is 0.227 e. The summed E-state index contributed by atoms with van der Waals surface area (Å²) >= 11 is 0. The van der Waals surface area contributed by atoms with E-state index < -0.39 is 9.84 Å². The molecule has 5 aromatic rings. The molecule has 0 aliphatic heterocycles. The van der Waals surface area contributed by atoms with Crippen LogP contribution in [0.25, 0.3) is 33.7 Å². The van der Waals surface area contributed by atoms with Crippen molar-refractivity contribution < 1.29 is 17.3 Å². The first-order valence-electron chi connectivity index (χ1n) is 12.9. The van der Waals surface area contributed by atoms with E-state index in [1.165, 1.54) is 5.56 Å². The predicted octanol–water partition coefficient (Wildman–Crippen LogP) is 8.06. The number of aromatic nitrogens is 2. The molecule has 1 atom stereocenters. The Morgan fingerprint density at radius 1 is 0.811 bits per heavy atom. The van der Waals surface area contributed by atoms with Gasteiger partial charge in [-0.1, -0.05) is 46.8 Å². The van der Waals surface area contributed by atoms with Gasteiger partial charge in [0, 0.05) is 11.5 Å². The SMILES string of the molecule is CCC(C)c1nc2cc(S(=O)(=O)c3ccc4oc(-c5ccc(C(C)(CC)CC)cc5)nc4c3)ccc2o1. The Bertz CT molecular complexity index is 1680. The Morgan fingerprint density at radius 3 is 1.95 bits per heavy atom. The molecule has 0 bridgehead atoms. The molecule has 0 N–H and O–H groups in total. The summed E-state index contributed by atoms with van der Waals surface area (Å²) < 4.78 is 38.7. The number of nitrogens with zero attached hydrogens (tertiary/aromatic N) is 2. The zero-order chi connectivity index (χ0) is 26.4. The molecule has 1 unspecified atom stereocenters. The summed E-state index contributed by atoms with van der Waals surface area (Å²) in [7, 11) is -3.79. The zero-order valence-corrected chi connectivity index (χ0v) is 22.7. The molecule has 0 spiro atoms. The number of hydrogen-bond donors (Lipinski definition) is 0. The van der Waals surface area contributed by atoms with Crippen LogP contribution < -0.4 is 0 Å². The second kappa shape index (κ2) is 9.45. The second-order valence-corrected chi connectivity index (χ2v) is 11.9. The van der Waals surface area contributed by atoms with Crippen molar-refractivity contribution >= 4 is 32.0 Å². The average molecular weight is 517 g/mol. The van der Waals surface area contributed by atoms with Gasteiger partial charge in [0.05, 0.1) is 9.79 Å². The number of oxazole rings is 2. The van der Waals surface area contributed by atoms with Gasteiger partial charge in [-0.05, 0) is 78.8 Å². The topological polar surface area (TPSA) is 86.2 Å². The summed E-state index contributed by atoms with van der Waals surface area (Å²) in [5, 5.41) is 0. The summed E-state index contributed by atoms with van der Waals surface area (Å²) in [5.74, 6) is 1.24. The van der Waals surface area contributed by atoms with Gasteiger partial charge in [-0.25, -0.2) is 18.4 Å². The van der Waals surface area contributed by atoms with Crippen molar-refractivity contribution in [1.29, 1.82) is 0 Å². The molecule has 2 aromatic heterocycles. The molecule has 3 aromatic carbocycles. The smallest absolute Gasteiger partial charge is 0.227 e. The number of hydrogen-bond acceptors (Lipinski definition) is 6. The van der Waals surface area contributed by atoms with Gasteiger partial charge in [-0.2, -0.15) is 0 Å². The number of rotatable bonds is 8. The molecule has 2 heterocycles. The highest BCUT2D eigenvalue weighted by molar-refractivity contribution is 7.91. The molecular weight excluding hydrogens is 484 g/mol. The highest BCUT2D eigenvalue weighted by Gasteiger charge is 2.24. The highest BCUT2D eigenvalue weighted by atomic mass is 32.2. The van der Waals surface area contributed by atoms with Crippen LogP contribution in [-0.2, 0) is 15.3 Å². The van der Waals surface area contributed by atoms with Crippen LogP contribution in [0, 0.1) is 0 Å². The van der Waals surface area contributed by atoms with Crippen molar-refractivity contribution in [2.75, 3.05) is 0 Å². The van der Waals surface area contributed by atoms with Gasteiger partial charge in [0.25, 0.3) is 0 Å². The van der Waals surface area contributed by atoms with Gasteiger partial charge in [-0.15, -0.1) is 0 Å². The van der Waals surface area contributed by atoms with Gasteiger partial charge in [0.1, 0.15) is 11.0 Å². The lowest BCUT2D eigenvalue weighted by Crippen LogP contribution is -2.19. The van der Waals surface area contributed by atoms with Crippen LogP contribution in [-0.4, -0.2) is 18.4 Å². The molecular formula is C30H32N2O4S. The molecule has 0 aliphatic rings. The minimum Gasteiger partial charge on any atom is -0.440 e. The van der Waals surface area contributed by atoms with Gasteiger partial charge in [-0.3, -0.25) is 0 Å². The van der Waals surface area contributed by atoms with Gasteiger partial charge >= 0.3 is 0 Å². The Hall–Kier alpha value is -3.45. The highest BCUT2D eigenvalue weighted by Crippen LogP contribution is 2.34. The zero-order valence-electron chi connectivity index (χ0n) is 21.9. The van der Waals surface area contributed by atoms with Crippen molar-refractivity contribution in [3.8, 4) is 11.5 Å². The van der Waals surface area contributed by atoms with Crippen molar-refractivity contribution in [3.05, 3.63) is 72.1 Å². The van der Waals surface area contributed by atoms with Crippen molar-refractivity contribution in [2.45, 2.75) is 75.0 Å². The monoisotopic (exact) mass is 516 g/mol. The first-order chi connectivity index (χ1) is 17.7. The van der Waals surface area contributed by atoms with E-state index in [0.29, 0.717) is 34.0 Å². The second-order valence-electron chi connectivity index (χ2n) is 9.99. The fourth-order valence-electron chi connectivity index (χ4n) is 4.48. The lowest BCUT2D eigenvalue weighted by Gasteiger charge is -2.27. The van der Waals surface area contributed by atoms with E-state index in [9.17, 15) is 8.42 Å². The Balaban J connectivity index is 1.47. The Labute approximate surface area is 217 Å². The minimum absolute atomic E-state index is 0.133. The molecule has 0 saturated carbocycles. The van der Waals surface area contributed by atoms with E-state index in [0.717, 1.165) is 24.8 Å². The van der Waals surface area contributed by atoms with Crippen LogP contribution in [0.4, 0.5) is 0 Å². The van der Waals surface area contributed by atoms with Crippen molar-refractivity contribution in [1.82, 2.24) is 9.97 Å². The molecule has 5 rings (SSSR count). The summed E-state index contributed by atoms with van der Waals surface area (Å²) in [6.45, 7) is 10.8. The Kier molecular flexibility index (Phi) is 6.44. The third-order valence-electron chi connectivity index (χ3n) is 7.78. The summed E-state index contributed by atoms with van der Waals surface area (Å²) in [5.41, 5.74) is 4.41. The lowest BCUT2D eigenvalue weighted by atomic mass is 9.78. The minimum atomic E-state index is -3.79. The Morgan fingerprint density at radius 2 is 1.38 bits per heavy atom. The molecule has 192 valence electrons. The summed E-state index contributed by atoms with van der Waals surface area (Å²) in [4.78, 5) is 9.44. The molecule has 0 saturated heterocycles. The molecule has 0 amide bonds. The standard InChI is InChI=1S/C30H32N2O4S/c1-6-19(4)28-31-24-17-22(13-15-26(24)35-28)37(33,34)23-14-16-27-25(18-23)32-29(36-27)20-9-11-21(12-10-20)30(5,7-2)8-3/h9-19H,6-8H2,1-5H3. The van der Waals surface area contributed by atoms with Crippen molar-refractivity contribution in [2.24, 2.45) is 0 Å². The molecule has 7 heteroatoms. The molecule has 0 aliphatic carbocycles. The number of sulfone groups is 1. The first-order valence-corrected chi connectivity index (χ1v) is 14.3. The fraction of sp³-hybridized carbons (Fsp3) is 0.333. The van der Waals surface area contributed by atoms with Crippen LogP contribution in [0.5, 0.6) is 0 Å². The van der Waals surface area contributed by atoms with Crippen LogP contribution in [0.1, 0.15) is 71.3 Å². The van der Waals surface area contributed by atoms with Crippen molar-refractivity contribution in [3.63, 3.8) is 0 Å².